The Balaban J connectivity index is 1.62. The second kappa shape index (κ2) is 34.4. The maximum absolute atomic E-state index is 14.5. The molecular weight excluding hydrogens is 1230 g/mol. The van der Waals surface area contributed by atoms with E-state index in [4.69, 9.17) is 5.73 Å². The molecule has 30 nitrogen and oxygen atoms in total. The number of carboxylic acid groups (broad SMARTS) is 1. The number of carboxylic acids is 1. The number of carbonyl (C=O) groups is 13. The molecule has 34 heteroatoms. The van der Waals surface area contributed by atoms with Gasteiger partial charge in [0.05, 0.1) is 19.3 Å². The number of aliphatic carboxylic acids is 1. The first-order chi connectivity index (χ1) is 41.6. The first kappa shape index (κ1) is 72.2. The van der Waals surface area contributed by atoms with Gasteiger partial charge in [0, 0.05) is 42.5 Å². The predicted molar refractivity (Wildman–Crippen MR) is 326 cm³/mol. The van der Waals surface area contributed by atoms with Crippen LogP contribution in [-0.4, -0.2) is 235 Å². The number of phenols is 1. The van der Waals surface area contributed by atoms with E-state index in [1.807, 2.05) is 0 Å². The Bertz CT molecular complexity index is 2720. The predicted octanol–water partition coefficient (Wildman–Crippen LogP) is -4.31. The fraction of sp³-hybridized carbons (Fsp3) is 0.648. The molecule has 0 aliphatic carbocycles. The van der Waals surface area contributed by atoms with Crippen LogP contribution in [0, 0.1) is 11.8 Å². The quantitative estimate of drug-likeness (QED) is 0.0986. The molecule has 0 radical (unpaired) electrons. The number of aromatic hydroxyl groups is 1. The Morgan fingerprint density at radius 3 is 1.70 bits per heavy atom. The van der Waals surface area contributed by atoms with E-state index in [9.17, 15) is 82.8 Å². The molecule has 16 N–H and O–H groups in total. The Hall–Kier alpha value is -6.59. The van der Waals surface area contributed by atoms with Crippen LogP contribution in [0.1, 0.15) is 79.2 Å². The normalized spacial score (nSPS) is 29.2. The van der Waals surface area contributed by atoms with Crippen molar-refractivity contribution in [2.75, 3.05) is 49.3 Å². The van der Waals surface area contributed by atoms with Crippen LogP contribution in [0.2, 0.25) is 0 Å². The summed E-state index contributed by atoms with van der Waals surface area (Å²) in [4.78, 5) is 185. The largest absolute Gasteiger partial charge is 0.508 e. The highest BCUT2D eigenvalue weighted by Gasteiger charge is 2.46. The average molecular weight is 1310 g/mol. The molecule has 0 spiro atoms. The molecule has 4 heterocycles. The zero-order valence-electron chi connectivity index (χ0n) is 49.6. The molecule has 1 aromatic rings. The third-order valence-corrected chi connectivity index (χ3v) is 19.5. The Labute approximate surface area is 524 Å². The van der Waals surface area contributed by atoms with Gasteiger partial charge in [0.1, 0.15) is 78.3 Å². The monoisotopic (exact) mass is 1310 g/mol. The maximum Gasteiger partial charge on any atom is 0.327 e. The number of nitrogens with one attached hydrogen (secondary N) is 10. The fourth-order valence-electron chi connectivity index (χ4n) is 9.83. The van der Waals surface area contributed by atoms with Crippen LogP contribution in [0.15, 0.2) is 24.3 Å². The second-order valence-corrected chi connectivity index (χ2v) is 27.5. The van der Waals surface area contributed by atoms with Crippen molar-refractivity contribution in [1.82, 2.24) is 63.0 Å². The van der Waals surface area contributed by atoms with Crippen molar-refractivity contribution in [2.24, 2.45) is 17.6 Å². The number of aliphatic hydroxyl groups excluding tert-OH is 2. The van der Waals surface area contributed by atoms with Crippen LogP contribution >= 0.6 is 43.2 Å². The van der Waals surface area contributed by atoms with E-state index in [1.54, 1.807) is 27.7 Å². The minimum absolute atomic E-state index is 0.00881. The number of hydrogen-bond acceptors (Lipinski definition) is 21. The molecule has 4 saturated heterocycles. The topological polar surface area (TPSA) is 456 Å². The summed E-state index contributed by atoms with van der Waals surface area (Å²) in [6.07, 6.45) is -0.984. The van der Waals surface area contributed by atoms with Crippen LogP contribution in [0.4, 0.5) is 0 Å². The van der Waals surface area contributed by atoms with Crippen LogP contribution in [0.5, 0.6) is 5.75 Å². The van der Waals surface area contributed by atoms with E-state index in [-0.39, 0.29) is 61.9 Å². The molecule has 2 bridgehead atoms. The van der Waals surface area contributed by atoms with Crippen LogP contribution in [0.3, 0.4) is 0 Å². The third-order valence-electron chi connectivity index (χ3n) is 14.7. The average Bonchev–Trinajstić information content (AvgIpc) is 1.88. The molecular formula is C54H81N13O17S4. The molecule has 0 aromatic heterocycles. The van der Waals surface area contributed by atoms with E-state index in [1.165, 1.54) is 43.0 Å². The van der Waals surface area contributed by atoms with Crippen LogP contribution in [-0.2, 0) is 68.7 Å². The van der Waals surface area contributed by atoms with E-state index in [0.29, 0.717) is 18.4 Å². The highest BCUT2D eigenvalue weighted by Crippen LogP contribution is 2.29. The minimum Gasteiger partial charge on any atom is -0.508 e. The summed E-state index contributed by atoms with van der Waals surface area (Å²) in [6.45, 7) is 7.61. The van der Waals surface area contributed by atoms with E-state index in [0.717, 1.165) is 48.1 Å². The summed E-state index contributed by atoms with van der Waals surface area (Å²) in [5, 5.41) is 67.2. The highest BCUT2D eigenvalue weighted by atomic mass is 33.1. The molecule has 4 aliphatic rings. The molecule has 4 fully saturated rings. The molecule has 0 saturated carbocycles. The van der Waals surface area contributed by atoms with E-state index in [2.05, 4.69) is 53.2 Å². The Kier molecular flexibility index (Phi) is 28.2. The molecule has 488 valence electrons. The van der Waals surface area contributed by atoms with Gasteiger partial charge in [-0.15, -0.1) is 0 Å². The Morgan fingerprint density at radius 2 is 1.12 bits per heavy atom. The minimum atomic E-state index is -1.86. The molecule has 12 amide bonds. The van der Waals surface area contributed by atoms with Crippen molar-refractivity contribution in [2.45, 2.75) is 159 Å². The molecule has 0 unspecified atom stereocenters. The second-order valence-electron chi connectivity index (χ2n) is 22.4. The van der Waals surface area contributed by atoms with E-state index >= 15 is 0 Å². The number of aliphatic hydroxyl groups is 2. The summed E-state index contributed by atoms with van der Waals surface area (Å²) < 4.78 is 0. The number of fused-ring (bicyclic) bond motifs is 10. The van der Waals surface area contributed by atoms with Crippen LogP contribution in [0.25, 0.3) is 0 Å². The number of benzene rings is 1. The number of amides is 12. The van der Waals surface area contributed by atoms with Gasteiger partial charge in [-0.25, -0.2) is 4.79 Å². The zero-order chi connectivity index (χ0) is 65.1. The summed E-state index contributed by atoms with van der Waals surface area (Å²) >= 11 is 0. The number of nitrogens with two attached hydrogens (primary N) is 1. The van der Waals surface area contributed by atoms with E-state index < -0.39 is 186 Å². The lowest BCUT2D eigenvalue weighted by Gasteiger charge is -2.34. The SMILES string of the molecule is CC(C)C[C@@H]1NC(=O)[C@H](C(C)C)NC(=O)[C@H](C)NC(=O)[C@@H]2CSSC[C@H](NC(=O)CN)C(=O)N[C@@H](CSSC[C@@H](C(=O)O)NC(=O)[C@H](Cc3ccc(O)cc3)NC1=O)C(=O)N[C@@H](CO)C(=O)N[C@@H]([C@H](C)O)C(=O)N1CCC[C@H]1C(=O)N1CCC[C@H]1C(=O)N2. The molecule has 4 aliphatic heterocycles. The summed E-state index contributed by atoms with van der Waals surface area (Å²) in [7, 11) is 3.47. The van der Waals surface area contributed by atoms with Crippen molar-refractivity contribution in [1.29, 1.82) is 0 Å². The van der Waals surface area contributed by atoms with Gasteiger partial charge in [-0.05, 0) is 75.5 Å². The van der Waals surface area contributed by atoms with Gasteiger partial charge in [0.25, 0.3) is 0 Å². The van der Waals surface area contributed by atoms with Gasteiger partial charge in [0.2, 0.25) is 70.9 Å². The van der Waals surface area contributed by atoms with Crippen molar-refractivity contribution >= 4 is 120 Å². The molecule has 13 atom stereocenters. The fourth-order valence-corrected chi connectivity index (χ4v) is 14.5. The summed E-state index contributed by atoms with van der Waals surface area (Å²) in [6, 6.07) is -12.4. The standard InChI is InChI=1S/C54H81N13O17S4/c1-25(2)17-31-44(73)58-32(18-29-11-13-30(70)14-12-29)45(74)63-37(54(83)84)24-88-87-23-36-49(78)60-33(20-68)46(75)65-42(28(6)69)53(82)67-16-8-10-39(67)52(81)66-15-7-9-38(66)50(79)62-35(22-86-85-21-34(48(77)61-36)57-40(71)19-55)47(76)56-27(5)43(72)64-41(26(3)4)51(80)59-31/h11-14,25-28,31-39,41-42,68-70H,7-10,15-24,55H2,1-6H3,(H,56,76)(H,57,71)(H,58,73)(H,59,80)(H,60,78)(H,61,77)(H,62,79)(H,63,74)(H,64,72)(H,65,75)(H,83,84)/t27-,28-,31-,32-,33-,34-,35-,36-,37-,38-,39-,41-,42-/m0/s1. The number of phenolic OH excluding ortho intramolecular Hbond substituents is 1. The third kappa shape index (κ3) is 20.7. The number of nitrogens with zero attached hydrogens (tertiary/aromatic N) is 2. The molecule has 88 heavy (non-hydrogen) atoms. The number of carbonyl (C=O) groups excluding carboxylic acids is 12. The van der Waals surface area contributed by atoms with Gasteiger partial charge in [0.15, 0.2) is 0 Å². The van der Waals surface area contributed by atoms with Crippen LogP contribution < -0.4 is 58.9 Å². The Morgan fingerprint density at radius 1 is 0.602 bits per heavy atom. The van der Waals surface area contributed by atoms with Crippen molar-refractivity contribution < 1.29 is 82.8 Å². The van der Waals surface area contributed by atoms with Gasteiger partial charge < -0.3 is 89.1 Å². The van der Waals surface area contributed by atoms with Gasteiger partial charge in [-0.1, -0.05) is 83.0 Å². The van der Waals surface area contributed by atoms with Gasteiger partial charge in [-0.2, -0.15) is 0 Å². The lowest BCUT2D eigenvalue weighted by Crippen LogP contribution is -2.62. The van der Waals surface area contributed by atoms with Gasteiger partial charge >= 0.3 is 5.97 Å². The lowest BCUT2D eigenvalue weighted by molar-refractivity contribution is -0.149. The van der Waals surface area contributed by atoms with Crippen molar-refractivity contribution in [3.05, 3.63) is 29.8 Å². The first-order valence-corrected chi connectivity index (χ1v) is 33.7. The zero-order valence-corrected chi connectivity index (χ0v) is 52.8. The summed E-state index contributed by atoms with van der Waals surface area (Å²) in [5.41, 5.74) is 6.03. The molecule has 5 rings (SSSR count). The molecule has 1 aromatic carbocycles. The summed E-state index contributed by atoms with van der Waals surface area (Å²) in [5.74, 6) is -14.9. The number of hydrogen-bond donors (Lipinski definition) is 15. The first-order valence-electron chi connectivity index (χ1n) is 28.8. The van der Waals surface area contributed by atoms with Crippen molar-refractivity contribution in [3.63, 3.8) is 0 Å². The van der Waals surface area contributed by atoms with Gasteiger partial charge in [-0.3, -0.25) is 57.5 Å². The highest BCUT2D eigenvalue weighted by molar-refractivity contribution is 8.77. The lowest BCUT2D eigenvalue weighted by atomic mass is 9.98. The number of rotatable bonds is 10. The smallest absolute Gasteiger partial charge is 0.327 e. The van der Waals surface area contributed by atoms with Crippen molar-refractivity contribution in [3.8, 4) is 5.75 Å². The maximum atomic E-state index is 14.5.